The van der Waals surface area contributed by atoms with E-state index < -0.39 is 0 Å². The van der Waals surface area contributed by atoms with Crippen LogP contribution in [0.5, 0.6) is 0 Å². The first-order valence-corrected chi connectivity index (χ1v) is 3.85. The van der Waals surface area contributed by atoms with E-state index in [1.54, 1.807) is 0 Å². The summed E-state index contributed by atoms with van der Waals surface area (Å²) in [5.41, 5.74) is 0. The Kier molecular flexibility index (Phi) is 4.91. The molecule has 0 spiro atoms. The normalized spacial score (nSPS) is 13.5. The predicted octanol–water partition coefficient (Wildman–Crippen LogP) is 2.28. The van der Waals surface area contributed by atoms with Crippen molar-refractivity contribution in [3.05, 3.63) is 12.3 Å². The molecule has 0 saturated carbocycles. The molecule has 0 bridgehead atoms. The summed E-state index contributed by atoms with van der Waals surface area (Å²) in [5, 5.41) is 0. The largest absolute Gasteiger partial charge is 0.212 e. The van der Waals surface area contributed by atoms with Crippen molar-refractivity contribution in [2.45, 2.75) is 27.2 Å². The quantitative estimate of drug-likeness (QED) is 0.418. The highest BCUT2D eigenvalue weighted by Crippen LogP contribution is 1.98. The first kappa shape index (κ1) is 9.41. The monoisotopic (exact) mass is 140 g/mol. The van der Waals surface area contributed by atoms with Gasteiger partial charge in [-0.05, 0) is 18.4 Å². The van der Waals surface area contributed by atoms with Gasteiger partial charge in [-0.3, -0.25) is 0 Å². The fraction of sp³-hybridized carbons (Fsp3) is 0.667. The number of nitrogens with zero attached hydrogens (tertiary/aromatic N) is 1. The average Bonchev–Trinajstić information content (AvgIpc) is 1.87. The molecule has 58 valence electrons. The summed E-state index contributed by atoms with van der Waals surface area (Å²) in [6.07, 6.45) is 7.50. The molecule has 1 nitrogen and oxygen atoms in total. The van der Waals surface area contributed by atoms with Crippen LogP contribution in [0.1, 0.15) is 27.2 Å². The van der Waals surface area contributed by atoms with E-state index in [1.807, 2.05) is 20.2 Å². The van der Waals surface area contributed by atoms with Crippen LogP contribution in [0, 0.1) is 5.92 Å². The molecule has 0 atom stereocenters. The van der Waals surface area contributed by atoms with Gasteiger partial charge in [-0.15, -0.1) is 0 Å². The van der Waals surface area contributed by atoms with E-state index in [0.717, 1.165) is 12.3 Å². The third kappa shape index (κ3) is 5.54. The SMILES string of the molecule is CC=[N+](C)C=CCC(C)C. The standard InChI is InChI=1S/C9H18N/c1-5-10(4)8-6-7-9(2)3/h5-6,8-9H,7H2,1-4H3/q+1. The molecule has 10 heavy (non-hydrogen) atoms. The highest BCUT2D eigenvalue weighted by Gasteiger charge is 1.88. The van der Waals surface area contributed by atoms with Gasteiger partial charge in [0.05, 0.1) is 0 Å². The van der Waals surface area contributed by atoms with Crippen molar-refractivity contribution in [3.63, 3.8) is 0 Å². The topological polar surface area (TPSA) is 3.01 Å². The van der Waals surface area contributed by atoms with Gasteiger partial charge in [0.15, 0.2) is 6.20 Å². The summed E-state index contributed by atoms with van der Waals surface area (Å²) < 4.78 is 2.06. The predicted molar refractivity (Wildman–Crippen MR) is 46.5 cm³/mol. The molecule has 0 aromatic carbocycles. The Morgan fingerprint density at radius 1 is 1.40 bits per heavy atom. The van der Waals surface area contributed by atoms with Crippen LogP contribution in [0.3, 0.4) is 0 Å². The minimum Gasteiger partial charge on any atom is -0.212 e. The minimum atomic E-state index is 0.765. The molecular formula is C9H18N+. The van der Waals surface area contributed by atoms with Gasteiger partial charge in [0, 0.05) is 6.92 Å². The van der Waals surface area contributed by atoms with Crippen molar-refractivity contribution in [1.29, 1.82) is 0 Å². The van der Waals surface area contributed by atoms with Gasteiger partial charge in [0.25, 0.3) is 0 Å². The number of hydrogen-bond acceptors (Lipinski definition) is 0. The van der Waals surface area contributed by atoms with E-state index in [9.17, 15) is 0 Å². The number of rotatable bonds is 3. The van der Waals surface area contributed by atoms with Gasteiger partial charge in [-0.25, -0.2) is 4.58 Å². The summed E-state index contributed by atoms with van der Waals surface area (Å²) >= 11 is 0. The lowest BCUT2D eigenvalue weighted by Gasteiger charge is -1.94. The summed E-state index contributed by atoms with van der Waals surface area (Å²) in [6.45, 7) is 6.47. The zero-order valence-corrected chi connectivity index (χ0v) is 7.46. The Morgan fingerprint density at radius 3 is 2.40 bits per heavy atom. The molecule has 0 aromatic rings. The van der Waals surface area contributed by atoms with Crippen molar-refractivity contribution < 1.29 is 4.58 Å². The lowest BCUT2D eigenvalue weighted by atomic mass is 10.1. The molecule has 0 fully saturated rings. The Labute approximate surface area is 64.1 Å². The van der Waals surface area contributed by atoms with E-state index in [2.05, 4.69) is 30.7 Å². The average molecular weight is 140 g/mol. The Hall–Kier alpha value is -0.590. The van der Waals surface area contributed by atoms with Crippen molar-refractivity contribution in [3.8, 4) is 0 Å². The summed E-state index contributed by atoms with van der Waals surface area (Å²) in [7, 11) is 2.04. The van der Waals surface area contributed by atoms with E-state index in [1.165, 1.54) is 0 Å². The lowest BCUT2D eigenvalue weighted by Crippen LogP contribution is -1.94. The minimum absolute atomic E-state index is 0.765. The van der Waals surface area contributed by atoms with Crippen molar-refractivity contribution in [2.24, 2.45) is 5.92 Å². The van der Waals surface area contributed by atoms with Crippen LogP contribution in [0.15, 0.2) is 12.3 Å². The Bertz CT molecular complexity index is 132. The molecule has 0 rings (SSSR count). The smallest absolute Gasteiger partial charge is 0.164 e. The summed E-state index contributed by atoms with van der Waals surface area (Å²) in [6, 6.07) is 0. The fourth-order valence-corrected chi connectivity index (χ4v) is 0.585. The van der Waals surface area contributed by atoms with Crippen LogP contribution in [0.4, 0.5) is 0 Å². The summed E-state index contributed by atoms with van der Waals surface area (Å²) in [5.74, 6) is 0.765. The molecule has 0 heterocycles. The Balaban J connectivity index is 3.56. The maximum atomic E-state index is 2.22. The molecule has 1 heteroatoms. The van der Waals surface area contributed by atoms with Crippen LogP contribution in [-0.4, -0.2) is 17.8 Å². The highest BCUT2D eigenvalue weighted by atomic mass is 14.9. The highest BCUT2D eigenvalue weighted by molar-refractivity contribution is 5.46. The maximum Gasteiger partial charge on any atom is 0.164 e. The van der Waals surface area contributed by atoms with E-state index >= 15 is 0 Å². The van der Waals surface area contributed by atoms with Gasteiger partial charge in [0.2, 0.25) is 0 Å². The van der Waals surface area contributed by atoms with Gasteiger partial charge in [-0.2, -0.15) is 0 Å². The fourth-order valence-electron chi connectivity index (χ4n) is 0.585. The maximum absolute atomic E-state index is 2.22. The second-order valence-electron chi connectivity index (χ2n) is 2.94. The van der Waals surface area contributed by atoms with E-state index in [0.29, 0.717) is 0 Å². The second kappa shape index (κ2) is 5.21. The molecule has 0 aliphatic rings. The van der Waals surface area contributed by atoms with Crippen molar-refractivity contribution in [1.82, 2.24) is 0 Å². The molecule has 0 aromatic heterocycles. The third-order valence-electron chi connectivity index (χ3n) is 1.36. The molecule has 0 radical (unpaired) electrons. The van der Waals surface area contributed by atoms with Crippen LogP contribution >= 0.6 is 0 Å². The third-order valence-corrected chi connectivity index (χ3v) is 1.36. The number of hydrogen-bond donors (Lipinski definition) is 0. The van der Waals surface area contributed by atoms with Crippen LogP contribution in [0.2, 0.25) is 0 Å². The second-order valence-corrected chi connectivity index (χ2v) is 2.94. The van der Waals surface area contributed by atoms with Crippen LogP contribution < -0.4 is 0 Å². The first-order chi connectivity index (χ1) is 4.66. The zero-order valence-electron chi connectivity index (χ0n) is 7.46. The molecule has 0 amide bonds. The first-order valence-electron chi connectivity index (χ1n) is 3.85. The van der Waals surface area contributed by atoms with Gasteiger partial charge < -0.3 is 0 Å². The van der Waals surface area contributed by atoms with E-state index in [4.69, 9.17) is 0 Å². The van der Waals surface area contributed by atoms with Gasteiger partial charge in [0.1, 0.15) is 13.3 Å². The lowest BCUT2D eigenvalue weighted by molar-refractivity contribution is -0.417. The zero-order chi connectivity index (χ0) is 7.98. The van der Waals surface area contributed by atoms with Crippen molar-refractivity contribution >= 4 is 6.21 Å². The summed E-state index contributed by atoms with van der Waals surface area (Å²) in [4.78, 5) is 0. The van der Waals surface area contributed by atoms with Crippen LogP contribution in [0.25, 0.3) is 0 Å². The molecule has 0 saturated heterocycles. The molecule has 0 aliphatic carbocycles. The van der Waals surface area contributed by atoms with Gasteiger partial charge >= 0.3 is 0 Å². The van der Waals surface area contributed by atoms with Gasteiger partial charge in [-0.1, -0.05) is 13.8 Å². The van der Waals surface area contributed by atoms with Crippen molar-refractivity contribution in [2.75, 3.05) is 7.05 Å². The van der Waals surface area contributed by atoms with E-state index in [-0.39, 0.29) is 0 Å². The molecule has 0 N–H and O–H groups in total. The number of allylic oxidation sites excluding steroid dienone is 1. The van der Waals surface area contributed by atoms with Crippen LogP contribution in [-0.2, 0) is 0 Å². The molecule has 0 unspecified atom stereocenters. The Morgan fingerprint density at radius 2 is 2.00 bits per heavy atom. The molecule has 0 aliphatic heterocycles. The molecular weight excluding hydrogens is 122 g/mol.